The molecule has 1 aliphatic rings. The van der Waals surface area contributed by atoms with Gasteiger partial charge in [0, 0.05) is 43.8 Å². The van der Waals surface area contributed by atoms with Crippen LogP contribution in [0.3, 0.4) is 0 Å². The van der Waals surface area contributed by atoms with Gasteiger partial charge in [0.2, 0.25) is 5.91 Å². The van der Waals surface area contributed by atoms with Crippen LogP contribution in [0.4, 0.5) is 11.6 Å². The first-order valence-electron chi connectivity index (χ1n) is 9.99. The molecule has 3 N–H and O–H groups in total. The Balaban J connectivity index is 1.72. The highest BCUT2D eigenvalue weighted by Gasteiger charge is 2.30. The number of aldehydes is 1. The summed E-state index contributed by atoms with van der Waals surface area (Å²) in [5.74, 6) is 0.454. The topological polar surface area (TPSA) is 104 Å². The number of benzene rings is 1. The number of nitrogen functional groups attached to an aromatic ring is 1. The molecule has 1 atom stereocenters. The van der Waals surface area contributed by atoms with E-state index in [-0.39, 0.29) is 29.2 Å². The molecule has 1 aliphatic heterocycles. The minimum absolute atomic E-state index is 0.0722. The lowest BCUT2D eigenvalue weighted by molar-refractivity contribution is -0.133. The maximum Gasteiger partial charge on any atom is 0.231 e. The summed E-state index contributed by atoms with van der Waals surface area (Å²) in [4.78, 5) is 36.7. The van der Waals surface area contributed by atoms with Crippen molar-refractivity contribution >= 4 is 35.4 Å². The Morgan fingerprint density at radius 2 is 1.87 bits per heavy atom. The molecule has 1 amide bonds. The maximum absolute atomic E-state index is 13.3. The van der Waals surface area contributed by atoms with Crippen molar-refractivity contribution in [3.05, 3.63) is 46.7 Å². The van der Waals surface area contributed by atoms with Crippen LogP contribution in [-0.4, -0.2) is 65.8 Å². The van der Waals surface area contributed by atoms with Gasteiger partial charge in [0.15, 0.2) is 6.29 Å². The molecular formula is C21H27ClN6O2. The monoisotopic (exact) mass is 430 g/mol. The summed E-state index contributed by atoms with van der Waals surface area (Å²) in [5, 5.41) is 4.02. The third-order valence-corrected chi connectivity index (χ3v) is 5.46. The maximum atomic E-state index is 13.3. The average Bonchev–Trinajstić information content (AvgIpc) is 2.74. The lowest BCUT2D eigenvalue weighted by Crippen LogP contribution is -2.51. The molecule has 1 fully saturated rings. The van der Waals surface area contributed by atoms with Gasteiger partial charge in [-0.15, -0.1) is 0 Å². The molecule has 1 aromatic heterocycles. The summed E-state index contributed by atoms with van der Waals surface area (Å²) < 4.78 is 0. The van der Waals surface area contributed by atoms with Crippen LogP contribution in [0.25, 0.3) is 0 Å². The number of rotatable bonds is 7. The number of nitrogens with zero attached hydrogens (tertiary/aromatic N) is 4. The van der Waals surface area contributed by atoms with Gasteiger partial charge in [-0.1, -0.05) is 37.6 Å². The van der Waals surface area contributed by atoms with E-state index in [1.807, 2.05) is 34.1 Å². The average molecular weight is 431 g/mol. The molecule has 30 heavy (non-hydrogen) atoms. The van der Waals surface area contributed by atoms with Crippen LogP contribution in [0.15, 0.2) is 30.6 Å². The Bertz CT molecular complexity index is 882. The Labute approximate surface area is 181 Å². The SMILES string of the molecule is CC(C)NCC(C(=O)N1CCN(c2ncnc(N)c2C=O)CC1)c1ccc(Cl)cc1. The first-order valence-corrected chi connectivity index (χ1v) is 10.4. The molecule has 0 spiro atoms. The van der Waals surface area contributed by atoms with Gasteiger partial charge in [0.25, 0.3) is 0 Å². The molecule has 2 heterocycles. The molecular weight excluding hydrogens is 404 g/mol. The van der Waals surface area contributed by atoms with Crippen LogP contribution >= 0.6 is 11.6 Å². The number of anilines is 2. The van der Waals surface area contributed by atoms with Gasteiger partial charge >= 0.3 is 0 Å². The van der Waals surface area contributed by atoms with Crippen LogP contribution in [0.2, 0.25) is 5.02 Å². The van der Waals surface area contributed by atoms with Crippen molar-refractivity contribution in [3.8, 4) is 0 Å². The molecule has 160 valence electrons. The molecule has 0 bridgehead atoms. The molecule has 9 heteroatoms. The number of hydrogen-bond acceptors (Lipinski definition) is 7. The minimum Gasteiger partial charge on any atom is -0.383 e. The van der Waals surface area contributed by atoms with E-state index >= 15 is 0 Å². The zero-order valence-corrected chi connectivity index (χ0v) is 18.0. The first-order chi connectivity index (χ1) is 14.4. The van der Waals surface area contributed by atoms with Gasteiger partial charge in [-0.25, -0.2) is 9.97 Å². The number of nitrogens with one attached hydrogen (secondary N) is 1. The lowest BCUT2D eigenvalue weighted by atomic mass is 9.96. The van der Waals surface area contributed by atoms with Crippen molar-refractivity contribution in [3.63, 3.8) is 0 Å². The second-order valence-electron chi connectivity index (χ2n) is 7.59. The predicted octanol–water partition coefficient (Wildman–Crippen LogP) is 1.96. The van der Waals surface area contributed by atoms with Gasteiger partial charge in [0.1, 0.15) is 18.0 Å². The summed E-state index contributed by atoms with van der Waals surface area (Å²) in [6, 6.07) is 7.71. The van der Waals surface area contributed by atoms with Crippen molar-refractivity contribution < 1.29 is 9.59 Å². The summed E-state index contributed by atoms with van der Waals surface area (Å²) in [6.07, 6.45) is 2.03. The van der Waals surface area contributed by atoms with Gasteiger partial charge in [-0.2, -0.15) is 0 Å². The van der Waals surface area contributed by atoms with Crippen LogP contribution < -0.4 is 16.0 Å². The van der Waals surface area contributed by atoms with Crippen molar-refractivity contribution in [2.24, 2.45) is 0 Å². The largest absolute Gasteiger partial charge is 0.383 e. The Hall–Kier alpha value is -2.71. The second kappa shape index (κ2) is 9.86. The normalized spacial score (nSPS) is 15.3. The van der Waals surface area contributed by atoms with E-state index in [4.69, 9.17) is 17.3 Å². The molecule has 1 aromatic carbocycles. The smallest absolute Gasteiger partial charge is 0.231 e. The Morgan fingerprint density at radius 1 is 1.20 bits per heavy atom. The van der Waals surface area contributed by atoms with Crippen LogP contribution in [0.5, 0.6) is 0 Å². The fourth-order valence-corrected chi connectivity index (χ4v) is 3.65. The third kappa shape index (κ3) is 5.06. The third-order valence-electron chi connectivity index (χ3n) is 5.20. The molecule has 0 aliphatic carbocycles. The number of piperazine rings is 1. The molecule has 3 rings (SSSR count). The van der Waals surface area contributed by atoms with Crippen LogP contribution in [0, 0.1) is 0 Å². The van der Waals surface area contributed by atoms with E-state index in [0.29, 0.717) is 49.9 Å². The fourth-order valence-electron chi connectivity index (χ4n) is 3.52. The lowest BCUT2D eigenvalue weighted by Gasteiger charge is -2.37. The first kappa shape index (κ1) is 22.0. The summed E-state index contributed by atoms with van der Waals surface area (Å²) in [7, 11) is 0. The van der Waals surface area contributed by atoms with Crippen molar-refractivity contribution in [2.75, 3.05) is 43.4 Å². The van der Waals surface area contributed by atoms with Crippen molar-refractivity contribution in [2.45, 2.75) is 25.8 Å². The molecule has 8 nitrogen and oxygen atoms in total. The number of halogens is 1. The zero-order chi connectivity index (χ0) is 21.7. The van der Waals surface area contributed by atoms with Gasteiger partial charge in [-0.3, -0.25) is 9.59 Å². The number of amides is 1. The summed E-state index contributed by atoms with van der Waals surface area (Å²) in [5.41, 5.74) is 7.02. The fraction of sp³-hybridized carbons (Fsp3) is 0.429. The predicted molar refractivity (Wildman–Crippen MR) is 118 cm³/mol. The number of hydrogen-bond donors (Lipinski definition) is 2. The minimum atomic E-state index is -0.295. The van der Waals surface area contributed by atoms with E-state index in [0.717, 1.165) is 5.56 Å². The van der Waals surface area contributed by atoms with Crippen molar-refractivity contribution in [1.82, 2.24) is 20.2 Å². The molecule has 0 saturated carbocycles. The number of carbonyl (C=O) groups is 2. The highest BCUT2D eigenvalue weighted by molar-refractivity contribution is 6.30. The molecule has 1 saturated heterocycles. The van der Waals surface area contributed by atoms with Crippen LogP contribution in [-0.2, 0) is 4.79 Å². The van der Waals surface area contributed by atoms with E-state index in [2.05, 4.69) is 29.1 Å². The summed E-state index contributed by atoms with van der Waals surface area (Å²) in [6.45, 7) is 6.86. The molecule has 0 radical (unpaired) electrons. The van der Waals surface area contributed by atoms with Gasteiger partial charge in [0.05, 0.1) is 11.5 Å². The zero-order valence-electron chi connectivity index (χ0n) is 17.2. The molecule has 2 aromatic rings. The Kier molecular flexibility index (Phi) is 7.23. The quantitative estimate of drug-likeness (QED) is 0.647. The summed E-state index contributed by atoms with van der Waals surface area (Å²) >= 11 is 6.02. The van der Waals surface area contributed by atoms with E-state index in [9.17, 15) is 9.59 Å². The molecule has 1 unspecified atom stereocenters. The van der Waals surface area contributed by atoms with E-state index in [1.165, 1.54) is 6.33 Å². The second-order valence-corrected chi connectivity index (χ2v) is 8.03. The number of nitrogens with two attached hydrogens (primary N) is 1. The number of carbonyl (C=O) groups excluding carboxylic acids is 2. The Morgan fingerprint density at radius 3 is 2.47 bits per heavy atom. The van der Waals surface area contributed by atoms with E-state index < -0.39 is 0 Å². The van der Waals surface area contributed by atoms with Gasteiger partial charge in [-0.05, 0) is 17.7 Å². The highest BCUT2D eigenvalue weighted by Crippen LogP contribution is 2.24. The van der Waals surface area contributed by atoms with Crippen molar-refractivity contribution in [1.29, 1.82) is 0 Å². The van der Waals surface area contributed by atoms with Crippen LogP contribution in [0.1, 0.15) is 35.7 Å². The van der Waals surface area contributed by atoms with E-state index in [1.54, 1.807) is 0 Å². The number of aromatic nitrogens is 2. The highest BCUT2D eigenvalue weighted by atomic mass is 35.5. The standard InChI is InChI=1S/C21H27ClN6O2/c1-14(2)24-11-17(15-3-5-16(22)6-4-15)21(30)28-9-7-27(8-10-28)20-18(12-29)19(23)25-13-26-20/h3-6,12-14,17,24H,7-11H2,1-2H3,(H2,23,25,26). The van der Waals surface area contributed by atoms with Gasteiger partial charge < -0.3 is 20.9 Å².